The summed E-state index contributed by atoms with van der Waals surface area (Å²) in [5, 5.41) is 20.9. The molecule has 0 aliphatic heterocycles. The molecule has 288 valence electrons. The zero-order valence-electron chi connectivity index (χ0n) is 34.4. The number of nitrogens with one attached hydrogen (secondary N) is 1. The third kappa shape index (κ3) is 10.4. The third-order valence-corrected chi connectivity index (χ3v) is 22.6. The molecular weight excluding hydrogens is 820 g/mol. The van der Waals surface area contributed by atoms with Gasteiger partial charge in [-0.2, -0.15) is 10.5 Å². The van der Waals surface area contributed by atoms with Crippen molar-refractivity contribution in [3.05, 3.63) is 67.9 Å². The number of aromatic amines is 1. The maximum Gasteiger partial charge on any atom is 0.192 e. The van der Waals surface area contributed by atoms with Gasteiger partial charge in [-0.05, 0) is 162 Å². The number of fused-ring (bicyclic) bond motifs is 2. The van der Waals surface area contributed by atoms with Crippen LogP contribution in [0, 0.1) is 42.4 Å². The smallest absolute Gasteiger partial charge is 0.192 e. The van der Waals surface area contributed by atoms with Gasteiger partial charge in [0.15, 0.2) is 16.6 Å². The number of rotatable bonds is 5. The highest BCUT2D eigenvalue weighted by molar-refractivity contribution is 9.11. The largest absolute Gasteiger partial charge is 0.414 e. The lowest BCUT2D eigenvalue weighted by Gasteiger charge is -2.38. The average molecular weight is 883 g/mol. The van der Waals surface area contributed by atoms with Crippen LogP contribution in [0.15, 0.2) is 45.6 Å². The van der Waals surface area contributed by atoms with Gasteiger partial charge in [-0.15, -0.1) is 0 Å². The molecule has 4 aromatic rings. The van der Waals surface area contributed by atoms with Gasteiger partial charge >= 0.3 is 0 Å². The van der Waals surface area contributed by atoms with Crippen LogP contribution in [-0.4, -0.2) is 38.4 Å². The van der Waals surface area contributed by atoms with Gasteiger partial charge in [0.1, 0.15) is 0 Å². The molecule has 2 aromatic carbocycles. The van der Waals surface area contributed by atoms with E-state index < -0.39 is 16.6 Å². The van der Waals surface area contributed by atoms with Crippen LogP contribution in [0.4, 0.5) is 0 Å². The van der Waals surface area contributed by atoms with Crippen molar-refractivity contribution in [1.82, 2.24) is 9.55 Å². The third-order valence-electron chi connectivity index (χ3n) is 12.3. The van der Waals surface area contributed by atoms with E-state index in [-0.39, 0.29) is 5.04 Å². The first-order chi connectivity index (χ1) is 24.5. The Kier molecular flexibility index (Phi) is 13.9. The number of aryl methyl sites for hydroxylation is 2. The molecule has 2 aliphatic rings. The van der Waals surface area contributed by atoms with Gasteiger partial charge in [0.2, 0.25) is 0 Å². The Morgan fingerprint density at radius 2 is 1.25 bits per heavy atom. The number of nitrogens with zero attached hydrogens (tertiary/aromatic N) is 3. The lowest BCUT2D eigenvalue weighted by atomic mass is 10.1. The number of halogens is 2. The van der Waals surface area contributed by atoms with Gasteiger partial charge in [0.25, 0.3) is 0 Å². The predicted octanol–water partition coefficient (Wildman–Crippen LogP) is 14.0. The Labute approximate surface area is 338 Å². The van der Waals surface area contributed by atoms with Gasteiger partial charge in [-0.3, -0.25) is 0 Å². The van der Waals surface area contributed by atoms with E-state index in [1.54, 1.807) is 0 Å². The maximum absolute atomic E-state index is 9.31. The highest BCUT2D eigenvalue weighted by Gasteiger charge is 2.42. The lowest BCUT2D eigenvalue weighted by molar-refractivity contribution is 0.183. The number of nitriles is 2. The Hall–Kier alpha value is -2.19. The van der Waals surface area contributed by atoms with Crippen molar-refractivity contribution in [3.63, 3.8) is 0 Å². The zero-order valence-corrected chi connectivity index (χ0v) is 39.6. The number of aromatic nitrogens is 2. The second kappa shape index (κ2) is 16.9. The highest BCUT2D eigenvalue weighted by Crippen LogP contribution is 2.43. The molecule has 2 fully saturated rings. The molecule has 4 atom stereocenters. The van der Waals surface area contributed by atoms with Gasteiger partial charge in [0, 0.05) is 61.4 Å². The molecule has 6 rings (SSSR count). The summed E-state index contributed by atoms with van der Waals surface area (Å²) in [6.07, 6.45) is 12.3. The molecule has 1 N–H and O–H groups in total. The van der Waals surface area contributed by atoms with Crippen LogP contribution in [0.3, 0.4) is 0 Å². The Morgan fingerprint density at radius 1 is 0.736 bits per heavy atom. The fourth-order valence-corrected chi connectivity index (χ4v) is 10.7. The number of benzene rings is 2. The molecule has 6 nitrogen and oxygen atoms in total. The fraction of sp³-hybridized carbons (Fsp3) is 0.581. The summed E-state index contributed by atoms with van der Waals surface area (Å²) in [5.74, 6) is 0.879. The van der Waals surface area contributed by atoms with Crippen LogP contribution in [0.2, 0.25) is 36.3 Å². The molecule has 0 radical (unpaired) electrons. The van der Waals surface area contributed by atoms with E-state index in [4.69, 9.17) is 14.1 Å². The van der Waals surface area contributed by atoms with Crippen molar-refractivity contribution in [2.45, 2.75) is 155 Å². The Morgan fingerprint density at radius 3 is 1.75 bits per heavy atom. The topological polar surface area (TPSA) is 86.8 Å². The molecule has 0 bridgehead atoms. The van der Waals surface area contributed by atoms with E-state index in [2.05, 4.69) is 140 Å². The molecule has 0 saturated heterocycles. The van der Waals surface area contributed by atoms with Gasteiger partial charge in [-0.1, -0.05) is 48.5 Å². The second-order valence-corrected chi connectivity index (χ2v) is 29.7. The van der Waals surface area contributed by atoms with Gasteiger partial charge in [0.05, 0.1) is 23.3 Å². The minimum Gasteiger partial charge on any atom is -0.414 e. The van der Waals surface area contributed by atoms with Crippen LogP contribution in [-0.2, 0) is 8.85 Å². The average Bonchev–Trinajstić information content (AvgIpc) is 3.83. The van der Waals surface area contributed by atoms with E-state index in [1.165, 1.54) is 24.8 Å². The highest BCUT2D eigenvalue weighted by atomic mass is 79.9. The fourth-order valence-electron chi connectivity index (χ4n) is 6.87. The molecule has 2 aliphatic carbocycles. The van der Waals surface area contributed by atoms with E-state index in [0.717, 1.165) is 72.7 Å². The molecule has 0 spiro atoms. The van der Waals surface area contributed by atoms with Gasteiger partial charge in [-0.25, -0.2) is 0 Å². The van der Waals surface area contributed by atoms with E-state index in [0.29, 0.717) is 23.3 Å². The molecule has 10 heteroatoms. The van der Waals surface area contributed by atoms with Crippen LogP contribution >= 0.6 is 31.9 Å². The molecule has 2 aromatic heterocycles. The summed E-state index contributed by atoms with van der Waals surface area (Å²) in [4.78, 5) is 3.12. The number of hydrogen-bond donors (Lipinski definition) is 1. The minimum atomic E-state index is -1.72. The summed E-state index contributed by atoms with van der Waals surface area (Å²) in [6, 6.07) is 13.0. The maximum atomic E-state index is 9.31. The van der Waals surface area contributed by atoms with Gasteiger partial charge < -0.3 is 18.4 Å². The van der Waals surface area contributed by atoms with Crippen molar-refractivity contribution in [2.24, 2.45) is 5.92 Å². The standard InChI is InChI=1S/C21H29BrN2OSi.C12H26OSi.C10H7BrN2/c1-14-9-20-18(10-15(14)12-23)19(22)13-24(20)16-7-8-17(11-16)25-26(5,6)21(2,3)4;1-10-7-8-11(9-10)13-14(5,6)12(2,3)4;1-6-2-10-8(3-7(6)4-12)9(11)5-13-10/h9-10,13,16-17H,7-8,11H2,1-6H3;10-11H,7-9H2,1-6H3;2-3,5,13H,1H3/t16-,17-;;/m1../s1. The minimum absolute atomic E-state index is 0.249. The number of hydrogen-bond acceptors (Lipinski definition) is 4. The molecule has 53 heavy (non-hydrogen) atoms. The Balaban J connectivity index is 0.000000196. The molecule has 0 amide bonds. The van der Waals surface area contributed by atoms with Crippen molar-refractivity contribution in [1.29, 1.82) is 10.5 Å². The molecule has 2 unspecified atom stereocenters. The first-order valence-electron chi connectivity index (χ1n) is 19.2. The SMILES string of the molecule is CC1CCC(O[Si](C)(C)C(C)(C)C)C1.Cc1cc2[nH]cc(Br)c2cc1C#N.Cc1cc2c(cc1C#N)c(Br)cn2[C@@H]1CC[C@@H](O[Si](C)(C)C(C)(C)C)C1. The quantitative estimate of drug-likeness (QED) is 0.202. The lowest BCUT2D eigenvalue weighted by Crippen LogP contribution is -2.43. The van der Waals surface area contributed by atoms with E-state index in [9.17, 15) is 5.26 Å². The van der Waals surface area contributed by atoms with Crippen LogP contribution < -0.4 is 0 Å². The van der Waals surface area contributed by atoms with Crippen LogP contribution in [0.5, 0.6) is 0 Å². The van der Waals surface area contributed by atoms with Crippen LogP contribution in [0.1, 0.15) is 115 Å². The summed E-state index contributed by atoms with van der Waals surface area (Å²) >= 11 is 7.10. The molecule has 2 heterocycles. The van der Waals surface area contributed by atoms with Crippen molar-refractivity contribution < 1.29 is 8.85 Å². The molecule has 2 saturated carbocycles. The van der Waals surface area contributed by atoms with Crippen molar-refractivity contribution >= 4 is 70.3 Å². The molecular formula is C43H62Br2N4O2Si2. The van der Waals surface area contributed by atoms with Crippen LogP contribution in [0.25, 0.3) is 21.8 Å². The summed E-state index contributed by atoms with van der Waals surface area (Å²) in [7, 11) is -3.22. The number of H-pyrrole nitrogens is 1. The first kappa shape index (κ1) is 43.5. The predicted molar refractivity (Wildman–Crippen MR) is 235 cm³/mol. The first-order valence-corrected chi connectivity index (χ1v) is 26.6. The Bertz CT molecular complexity index is 1990. The summed E-state index contributed by atoms with van der Waals surface area (Å²) in [5.41, 5.74) is 5.80. The second-order valence-electron chi connectivity index (χ2n) is 18.5. The summed E-state index contributed by atoms with van der Waals surface area (Å²) < 4.78 is 17.5. The van der Waals surface area contributed by atoms with E-state index >= 15 is 0 Å². The summed E-state index contributed by atoms with van der Waals surface area (Å²) in [6.45, 7) is 29.6. The monoisotopic (exact) mass is 880 g/mol. The van der Waals surface area contributed by atoms with Crippen molar-refractivity contribution in [3.8, 4) is 12.1 Å². The normalized spacial score (nSPS) is 20.8. The van der Waals surface area contributed by atoms with E-state index in [1.807, 2.05) is 38.2 Å². The zero-order chi connectivity index (χ0) is 39.7. The van der Waals surface area contributed by atoms with Crippen molar-refractivity contribution in [2.75, 3.05) is 0 Å².